The first-order valence-corrected chi connectivity index (χ1v) is 4.07. The van der Waals surface area contributed by atoms with Crippen molar-refractivity contribution in [2.75, 3.05) is 0 Å². The summed E-state index contributed by atoms with van der Waals surface area (Å²) < 4.78 is 0. The largest absolute Gasteiger partial charge is 0.323 e. The standard InChI is InChI=1S/C9H9ClN2O/c1-6(12-11)9(13)7-2-4-8(10)5-3-7/h2-5H,11H2,1H3/b12-6+. The van der Waals surface area contributed by atoms with E-state index in [0.717, 1.165) is 0 Å². The predicted octanol–water partition coefficient (Wildman–Crippen LogP) is 1.86. The molecule has 0 radical (unpaired) electrons. The minimum atomic E-state index is -0.181. The summed E-state index contributed by atoms with van der Waals surface area (Å²) in [6.07, 6.45) is 0. The lowest BCUT2D eigenvalue weighted by Gasteiger charge is -1.98. The van der Waals surface area contributed by atoms with Gasteiger partial charge in [0.25, 0.3) is 0 Å². The number of hydrazone groups is 1. The Bertz CT molecular complexity index is 343. The maximum absolute atomic E-state index is 11.4. The van der Waals surface area contributed by atoms with E-state index in [4.69, 9.17) is 17.4 Å². The molecule has 0 spiro atoms. The molecule has 13 heavy (non-hydrogen) atoms. The van der Waals surface area contributed by atoms with Crippen molar-refractivity contribution in [1.29, 1.82) is 0 Å². The van der Waals surface area contributed by atoms with Gasteiger partial charge in [0.15, 0.2) is 0 Å². The second-order valence-corrected chi connectivity index (χ2v) is 2.99. The van der Waals surface area contributed by atoms with Crippen LogP contribution in [0.1, 0.15) is 17.3 Å². The van der Waals surface area contributed by atoms with E-state index in [1.165, 1.54) is 0 Å². The Hall–Kier alpha value is -1.35. The molecule has 0 saturated carbocycles. The summed E-state index contributed by atoms with van der Waals surface area (Å²) >= 11 is 5.66. The fraction of sp³-hybridized carbons (Fsp3) is 0.111. The number of nitrogens with two attached hydrogens (primary N) is 1. The van der Waals surface area contributed by atoms with E-state index in [1.807, 2.05) is 0 Å². The van der Waals surface area contributed by atoms with Crippen LogP contribution in [0.2, 0.25) is 5.02 Å². The number of Topliss-reactive ketones (excluding diaryl/α,β-unsaturated/α-hetero) is 1. The van der Waals surface area contributed by atoms with Crippen LogP contribution in [0, 0.1) is 0 Å². The van der Waals surface area contributed by atoms with Gasteiger partial charge in [0.05, 0.1) is 0 Å². The van der Waals surface area contributed by atoms with Crippen molar-refractivity contribution < 1.29 is 4.79 Å². The minimum Gasteiger partial charge on any atom is -0.323 e. The normalized spacial score (nSPS) is 11.4. The average Bonchev–Trinajstić information content (AvgIpc) is 2.17. The molecule has 0 heterocycles. The van der Waals surface area contributed by atoms with Crippen molar-refractivity contribution in [3.63, 3.8) is 0 Å². The highest BCUT2D eigenvalue weighted by atomic mass is 35.5. The van der Waals surface area contributed by atoms with Crippen molar-refractivity contribution >= 4 is 23.1 Å². The number of hydrogen-bond donors (Lipinski definition) is 1. The Morgan fingerprint density at radius 2 is 1.92 bits per heavy atom. The van der Waals surface area contributed by atoms with Crippen molar-refractivity contribution in [2.45, 2.75) is 6.92 Å². The maximum atomic E-state index is 11.4. The van der Waals surface area contributed by atoms with Gasteiger partial charge in [-0.15, -0.1) is 0 Å². The SMILES string of the molecule is C/C(=N\N)C(=O)c1ccc(Cl)cc1. The Kier molecular flexibility index (Phi) is 3.03. The summed E-state index contributed by atoms with van der Waals surface area (Å²) in [6.45, 7) is 1.57. The molecular formula is C9H9ClN2O. The highest BCUT2D eigenvalue weighted by Gasteiger charge is 2.08. The Morgan fingerprint density at radius 1 is 1.38 bits per heavy atom. The van der Waals surface area contributed by atoms with E-state index in [9.17, 15) is 4.79 Å². The number of ketones is 1. The highest BCUT2D eigenvalue weighted by molar-refractivity contribution is 6.45. The van der Waals surface area contributed by atoms with Crippen molar-refractivity contribution in [2.24, 2.45) is 10.9 Å². The van der Waals surface area contributed by atoms with Gasteiger partial charge in [0, 0.05) is 10.6 Å². The molecule has 0 aliphatic heterocycles. The zero-order valence-corrected chi connectivity index (χ0v) is 7.88. The highest BCUT2D eigenvalue weighted by Crippen LogP contribution is 2.10. The van der Waals surface area contributed by atoms with Gasteiger partial charge in [-0.3, -0.25) is 4.79 Å². The summed E-state index contributed by atoms with van der Waals surface area (Å²) in [5, 5.41) is 3.92. The van der Waals surface area contributed by atoms with Crippen molar-refractivity contribution in [3.8, 4) is 0 Å². The second kappa shape index (κ2) is 4.05. The van der Waals surface area contributed by atoms with Crippen LogP contribution in [0.5, 0.6) is 0 Å². The Labute approximate surface area is 81.2 Å². The molecule has 4 heteroatoms. The van der Waals surface area contributed by atoms with Gasteiger partial charge >= 0.3 is 0 Å². The third-order valence-corrected chi connectivity index (χ3v) is 1.88. The smallest absolute Gasteiger partial charge is 0.208 e. The van der Waals surface area contributed by atoms with Gasteiger partial charge in [-0.05, 0) is 31.2 Å². The van der Waals surface area contributed by atoms with E-state index >= 15 is 0 Å². The summed E-state index contributed by atoms with van der Waals surface area (Å²) in [4.78, 5) is 11.4. The van der Waals surface area contributed by atoms with E-state index in [1.54, 1.807) is 31.2 Å². The molecule has 0 aliphatic carbocycles. The molecule has 0 atom stereocenters. The molecule has 1 rings (SSSR count). The minimum absolute atomic E-state index is 0.181. The number of carbonyl (C=O) groups is 1. The third-order valence-electron chi connectivity index (χ3n) is 1.63. The summed E-state index contributed by atoms with van der Waals surface area (Å²) in [6, 6.07) is 6.58. The lowest BCUT2D eigenvalue weighted by Crippen LogP contribution is -2.12. The predicted molar refractivity (Wildman–Crippen MR) is 53.1 cm³/mol. The van der Waals surface area contributed by atoms with E-state index in [0.29, 0.717) is 10.6 Å². The maximum Gasteiger partial charge on any atom is 0.208 e. The first-order chi connectivity index (χ1) is 6.15. The van der Waals surface area contributed by atoms with Crippen LogP contribution >= 0.6 is 11.6 Å². The van der Waals surface area contributed by atoms with Crippen LogP contribution in [0.15, 0.2) is 29.4 Å². The molecular weight excluding hydrogens is 188 g/mol. The molecule has 1 aromatic rings. The molecule has 0 unspecified atom stereocenters. The average molecular weight is 197 g/mol. The Morgan fingerprint density at radius 3 is 2.38 bits per heavy atom. The molecule has 0 saturated heterocycles. The fourth-order valence-electron chi connectivity index (χ4n) is 0.869. The number of halogens is 1. The molecule has 0 bridgehead atoms. The third kappa shape index (κ3) is 2.29. The summed E-state index contributed by atoms with van der Waals surface area (Å²) in [5.74, 6) is 4.80. The van der Waals surface area contributed by atoms with Gasteiger partial charge in [-0.1, -0.05) is 11.6 Å². The van der Waals surface area contributed by atoms with Crippen LogP contribution < -0.4 is 5.84 Å². The molecule has 2 N–H and O–H groups in total. The first kappa shape index (κ1) is 9.74. The molecule has 0 aromatic heterocycles. The molecule has 0 amide bonds. The molecule has 0 fully saturated rings. The number of nitrogens with zero attached hydrogens (tertiary/aromatic N) is 1. The molecule has 68 valence electrons. The van der Waals surface area contributed by atoms with Crippen LogP contribution in [0.3, 0.4) is 0 Å². The van der Waals surface area contributed by atoms with Crippen LogP contribution in [-0.4, -0.2) is 11.5 Å². The van der Waals surface area contributed by atoms with E-state index in [-0.39, 0.29) is 11.5 Å². The monoisotopic (exact) mass is 196 g/mol. The van der Waals surface area contributed by atoms with Gasteiger partial charge in [0.2, 0.25) is 5.78 Å². The van der Waals surface area contributed by atoms with Gasteiger partial charge < -0.3 is 5.84 Å². The first-order valence-electron chi connectivity index (χ1n) is 3.70. The zero-order chi connectivity index (χ0) is 9.84. The van der Waals surface area contributed by atoms with Gasteiger partial charge in [-0.2, -0.15) is 5.10 Å². The number of carbonyl (C=O) groups excluding carboxylic acids is 1. The fourth-order valence-corrected chi connectivity index (χ4v) is 0.995. The molecule has 3 nitrogen and oxygen atoms in total. The van der Waals surface area contributed by atoms with Crippen LogP contribution in [0.25, 0.3) is 0 Å². The Balaban J connectivity index is 2.97. The van der Waals surface area contributed by atoms with Crippen LogP contribution in [-0.2, 0) is 0 Å². The second-order valence-electron chi connectivity index (χ2n) is 2.55. The quantitative estimate of drug-likeness (QED) is 0.340. The molecule has 0 aliphatic rings. The summed E-state index contributed by atoms with van der Waals surface area (Å²) in [7, 11) is 0. The van der Waals surface area contributed by atoms with Crippen molar-refractivity contribution in [1.82, 2.24) is 0 Å². The summed E-state index contributed by atoms with van der Waals surface area (Å²) in [5.41, 5.74) is 0.818. The van der Waals surface area contributed by atoms with Gasteiger partial charge in [-0.25, -0.2) is 0 Å². The topological polar surface area (TPSA) is 55.4 Å². The zero-order valence-electron chi connectivity index (χ0n) is 7.12. The lowest BCUT2D eigenvalue weighted by molar-refractivity contribution is 0.106. The molecule has 1 aromatic carbocycles. The van der Waals surface area contributed by atoms with E-state index in [2.05, 4.69) is 5.10 Å². The lowest BCUT2D eigenvalue weighted by atomic mass is 10.1. The van der Waals surface area contributed by atoms with E-state index < -0.39 is 0 Å². The van der Waals surface area contributed by atoms with Crippen molar-refractivity contribution in [3.05, 3.63) is 34.9 Å². The number of rotatable bonds is 2. The van der Waals surface area contributed by atoms with Crippen LogP contribution in [0.4, 0.5) is 0 Å². The van der Waals surface area contributed by atoms with Gasteiger partial charge in [0.1, 0.15) is 5.71 Å². The number of benzene rings is 1. The number of hydrogen-bond acceptors (Lipinski definition) is 3.